The molecule has 1 unspecified atom stereocenters. The number of hydrogen-bond acceptors (Lipinski definition) is 2. The minimum atomic E-state index is -0.723. The van der Waals surface area contributed by atoms with Gasteiger partial charge in [0, 0.05) is 0 Å². The van der Waals surface area contributed by atoms with Gasteiger partial charge in [0.1, 0.15) is 0 Å². The van der Waals surface area contributed by atoms with E-state index in [1.54, 1.807) is 0 Å². The zero-order chi connectivity index (χ0) is 14.8. The van der Waals surface area contributed by atoms with Crippen LogP contribution in [0.1, 0.15) is 49.3 Å². The molecule has 1 aliphatic heterocycles. The number of rotatable bonds is 4. The van der Waals surface area contributed by atoms with Crippen LogP contribution in [0.15, 0.2) is 18.2 Å². The average molecular weight is 275 g/mol. The molecule has 20 heavy (non-hydrogen) atoms. The van der Waals surface area contributed by atoms with Gasteiger partial charge in [-0.25, -0.2) is 0 Å². The van der Waals surface area contributed by atoms with E-state index in [0.29, 0.717) is 0 Å². The van der Waals surface area contributed by atoms with Crippen LogP contribution in [0.4, 0.5) is 0 Å². The number of carboxylic acids is 1. The fraction of sp³-hybridized carbons (Fsp3) is 0.588. The van der Waals surface area contributed by atoms with E-state index in [2.05, 4.69) is 43.9 Å². The van der Waals surface area contributed by atoms with Gasteiger partial charge in [-0.05, 0) is 57.8 Å². The van der Waals surface area contributed by atoms with Gasteiger partial charge in [0.05, 0.1) is 12.0 Å². The summed E-state index contributed by atoms with van der Waals surface area (Å²) in [6.07, 6.45) is 3.75. The second-order valence-electron chi connectivity index (χ2n) is 6.21. The molecule has 0 aromatic heterocycles. The van der Waals surface area contributed by atoms with Gasteiger partial charge in [-0.15, -0.1) is 0 Å². The average Bonchev–Trinajstić information content (AvgIpc) is 2.41. The third-order valence-electron chi connectivity index (χ3n) is 4.52. The van der Waals surface area contributed by atoms with E-state index in [0.717, 1.165) is 13.1 Å². The first-order valence-electron chi connectivity index (χ1n) is 7.48. The smallest absolute Gasteiger partial charge is 0.305 e. The fourth-order valence-corrected chi connectivity index (χ4v) is 3.38. The molecule has 1 fully saturated rings. The molecule has 1 atom stereocenters. The van der Waals surface area contributed by atoms with E-state index < -0.39 is 11.5 Å². The number of benzene rings is 1. The second-order valence-corrected chi connectivity index (χ2v) is 6.21. The highest BCUT2D eigenvalue weighted by Gasteiger charge is 2.37. The zero-order valence-corrected chi connectivity index (χ0v) is 12.8. The van der Waals surface area contributed by atoms with Crippen molar-refractivity contribution >= 4 is 5.97 Å². The minimum absolute atomic E-state index is 0.164. The highest BCUT2D eigenvalue weighted by molar-refractivity contribution is 5.69. The van der Waals surface area contributed by atoms with Crippen molar-refractivity contribution in [2.75, 3.05) is 13.1 Å². The minimum Gasteiger partial charge on any atom is -0.481 e. The molecule has 1 aromatic rings. The molecule has 0 radical (unpaired) electrons. The Bertz CT molecular complexity index is 492. The molecule has 3 heteroatoms. The van der Waals surface area contributed by atoms with Crippen LogP contribution >= 0.6 is 0 Å². The number of carbonyl (C=O) groups is 1. The van der Waals surface area contributed by atoms with E-state index in [1.165, 1.54) is 36.0 Å². The molecule has 1 saturated heterocycles. The van der Waals surface area contributed by atoms with Crippen LogP contribution in [-0.2, 0) is 10.3 Å². The molecule has 1 aliphatic rings. The summed E-state index contributed by atoms with van der Waals surface area (Å²) >= 11 is 0. The largest absolute Gasteiger partial charge is 0.481 e. The number of aliphatic carboxylic acids is 1. The molecule has 3 nitrogen and oxygen atoms in total. The van der Waals surface area contributed by atoms with Crippen LogP contribution in [0, 0.1) is 13.8 Å². The van der Waals surface area contributed by atoms with E-state index in [9.17, 15) is 9.90 Å². The van der Waals surface area contributed by atoms with Crippen molar-refractivity contribution < 1.29 is 9.90 Å². The quantitative estimate of drug-likeness (QED) is 0.914. The normalized spacial score (nSPS) is 19.6. The molecule has 110 valence electrons. The lowest BCUT2D eigenvalue weighted by Crippen LogP contribution is -2.48. The maximum atomic E-state index is 11.4. The zero-order valence-electron chi connectivity index (χ0n) is 12.8. The Labute approximate surface area is 121 Å². The van der Waals surface area contributed by atoms with Crippen molar-refractivity contribution in [3.05, 3.63) is 34.9 Å². The lowest BCUT2D eigenvalue weighted by molar-refractivity contribution is -0.140. The molecule has 0 spiro atoms. The van der Waals surface area contributed by atoms with Gasteiger partial charge < -0.3 is 5.11 Å². The summed E-state index contributed by atoms with van der Waals surface area (Å²) in [6.45, 7) is 8.24. The Morgan fingerprint density at radius 1 is 1.25 bits per heavy atom. The van der Waals surface area contributed by atoms with Crippen molar-refractivity contribution in [3.8, 4) is 0 Å². The molecule has 0 bridgehead atoms. The van der Waals surface area contributed by atoms with E-state index in [4.69, 9.17) is 0 Å². The Balaban J connectivity index is 2.44. The summed E-state index contributed by atoms with van der Waals surface area (Å²) in [5, 5.41) is 9.37. The van der Waals surface area contributed by atoms with Gasteiger partial charge in [-0.3, -0.25) is 9.69 Å². The molecule has 0 amide bonds. The first kappa shape index (κ1) is 15.0. The second kappa shape index (κ2) is 5.96. The van der Waals surface area contributed by atoms with Gasteiger partial charge in [-0.1, -0.05) is 30.2 Å². The van der Waals surface area contributed by atoms with E-state index >= 15 is 0 Å². The molecule has 0 saturated carbocycles. The highest BCUT2D eigenvalue weighted by Crippen LogP contribution is 2.36. The number of hydrogen-bond donors (Lipinski definition) is 1. The van der Waals surface area contributed by atoms with Crippen LogP contribution in [-0.4, -0.2) is 29.1 Å². The molecule has 1 N–H and O–H groups in total. The summed E-state index contributed by atoms with van der Waals surface area (Å²) in [7, 11) is 0. The summed E-state index contributed by atoms with van der Waals surface area (Å²) in [5.74, 6) is -0.723. The van der Waals surface area contributed by atoms with Crippen molar-refractivity contribution in [3.63, 3.8) is 0 Å². The molecule has 0 aliphatic carbocycles. The summed E-state index contributed by atoms with van der Waals surface area (Å²) in [5.41, 5.74) is 3.15. The molecular formula is C17H25NO2. The monoisotopic (exact) mass is 275 g/mol. The predicted molar refractivity (Wildman–Crippen MR) is 80.9 cm³/mol. The summed E-state index contributed by atoms with van der Waals surface area (Å²) < 4.78 is 0. The first-order valence-corrected chi connectivity index (χ1v) is 7.48. The van der Waals surface area contributed by atoms with E-state index in [-0.39, 0.29) is 6.42 Å². The van der Waals surface area contributed by atoms with Gasteiger partial charge in [0.15, 0.2) is 0 Å². The number of likely N-dealkylation sites (tertiary alicyclic amines) is 1. The number of carboxylic acid groups (broad SMARTS) is 1. The third-order valence-corrected chi connectivity index (χ3v) is 4.52. The molecular weight excluding hydrogens is 250 g/mol. The van der Waals surface area contributed by atoms with Gasteiger partial charge >= 0.3 is 5.97 Å². The van der Waals surface area contributed by atoms with Crippen molar-refractivity contribution in [2.24, 2.45) is 0 Å². The van der Waals surface area contributed by atoms with Crippen LogP contribution in [0.25, 0.3) is 0 Å². The first-order chi connectivity index (χ1) is 9.43. The number of nitrogens with zero attached hydrogens (tertiary/aromatic N) is 1. The van der Waals surface area contributed by atoms with Crippen molar-refractivity contribution in [1.82, 2.24) is 4.90 Å². The lowest BCUT2D eigenvalue weighted by atomic mass is 9.82. The highest BCUT2D eigenvalue weighted by atomic mass is 16.4. The maximum Gasteiger partial charge on any atom is 0.305 e. The Hall–Kier alpha value is -1.35. The topological polar surface area (TPSA) is 40.5 Å². The van der Waals surface area contributed by atoms with Crippen molar-refractivity contribution in [1.29, 1.82) is 0 Å². The fourth-order valence-electron chi connectivity index (χ4n) is 3.38. The third kappa shape index (κ3) is 3.04. The lowest BCUT2D eigenvalue weighted by Gasteiger charge is -2.44. The molecule has 2 rings (SSSR count). The van der Waals surface area contributed by atoms with Crippen LogP contribution in [0.3, 0.4) is 0 Å². The van der Waals surface area contributed by atoms with Crippen molar-refractivity contribution in [2.45, 2.75) is 52.0 Å². The Kier molecular flexibility index (Phi) is 4.48. The Morgan fingerprint density at radius 3 is 2.50 bits per heavy atom. The van der Waals surface area contributed by atoms with Gasteiger partial charge in [0.2, 0.25) is 0 Å². The van der Waals surface area contributed by atoms with Gasteiger partial charge in [-0.2, -0.15) is 0 Å². The van der Waals surface area contributed by atoms with Crippen LogP contribution < -0.4 is 0 Å². The molecule has 1 heterocycles. The molecule has 1 aromatic carbocycles. The standard InChI is InChI=1S/C17H25NO2/c1-13-7-8-14(2)15(11-13)17(3,12-16(19)20)18-9-5-4-6-10-18/h7-8,11H,4-6,9-10,12H2,1-3H3,(H,19,20). The van der Waals surface area contributed by atoms with Crippen LogP contribution in [0.2, 0.25) is 0 Å². The van der Waals surface area contributed by atoms with E-state index in [1.807, 2.05) is 0 Å². The number of piperidine rings is 1. The maximum absolute atomic E-state index is 11.4. The Morgan fingerprint density at radius 2 is 1.90 bits per heavy atom. The van der Waals surface area contributed by atoms with Gasteiger partial charge in [0.25, 0.3) is 0 Å². The summed E-state index contributed by atoms with van der Waals surface area (Å²) in [6, 6.07) is 6.36. The number of aryl methyl sites for hydroxylation is 2. The SMILES string of the molecule is Cc1ccc(C)c(C(C)(CC(=O)O)N2CCCCC2)c1. The van der Waals surface area contributed by atoms with Crippen LogP contribution in [0.5, 0.6) is 0 Å². The predicted octanol–water partition coefficient (Wildman–Crippen LogP) is 3.48. The summed E-state index contributed by atoms with van der Waals surface area (Å²) in [4.78, 5) is 13.8.